The number of aromatic nitrogens is 3. The van der Waals surface area contributed by atoms with Crippen LogP contribution in [-0.4, -0.2) is 15.0 Å². The van der Waals surface area contributed by atoms with Crippen molar-refractivity contribution in [3.63, 3.8) is 0 Å². The molecule has 2 aromatic heterocycles. The van der Waals surface area contributed by atoms with Gasteiger partial charge in [0.2, 0.25) is 0 Å². The SMILES string of the molecule is Nc1ccc(-c2nc(N)c(S)c(-c3cccnc3)n2)cc1. The Hall–Kier alpha value is -2.60. The highest BCUT2D eigenvalue weighted by molar-refractivity contribution is 7.80. The first-order valence-corrected chi connectivity index (χ1v) is 6.72. The minimum absolute atomic E-state index is 0.332. The number of nitrogens with two attached hydrogens (primary N) is 2. The van der Waals surface area contributed by atoms with Crippen molar-refractivity contribution in [3.05, 3.63) is 48.8 Å². The normalized spacial score (nSPS) is 10.5. The van der Waals surface area contributed by atoms with Crippen LogP contribution < -0.4 is 11.5 Å². The summed E-state index contributed by atoms with van der Waals surface area (Å²) in [6.07, 6.45) is 3.42. The van der Waals surface area contributed by atoms with Crippen LogP contribution in [0.25, 0.3) is 22.6 Å². The van der Waals surface area contributed by atoms with Gasteiger partial charge in [-0.1, -0.05) is 0 Å². The first-order valence-electron chi connectivity index (χ1n) is 6.28. The standard InChI is InChI=1S/C15H13N5S/c16-11-5-3-9(4-6-11)15-19-12(13(21)14(17)20-15)10-2-1-7-18-8-10/h1-8,21H,16H2,(H2,17,19,20). The predicted octanol–water partition coefficient (Wildman–Crippen LogP) is 2.66. The van der Waals surface area contributed by atoms with Crippen molar-refractivity contribution < 1.29 is 0 Å². The summed E-state index contributed by atoms with van der Waals surface area (Å²) in [5.74, 6) is 0.864. The Labute approximate surface area is 127 Å². The maximum Gasteiger partial charge on any atom is 0.162 e. The van der Waals surface area contributed by atoms with E-state index < -0.39 is 0 Å². The Bertz CT molecular complexity index is 772. The molecule has 104 valence electrons. The van der Waals surface area contributed by atoms with Gasteiger partial charge in [0.15, 0.2) is 5.82 Å². The zero-order valence-electron chi connectivity index (χ0n) is 11.1. The molecule has 6 heteroatoms. The second-order valence-electron chi connectivity index (χ2n) is 4.49. The lowest BCUT2D eigenvalue weighted by molar-refractivity contribution is 1.12. The van der Waals surface area contributed by atoms with Crippen molar-refractivity contribution in [2.24, 2.45) is 0 Å². The van der Waals surface area contributed by atoms with Gasteiger partial charge in [-0.3, -0.25) is 4.98 Å². The molecule has 0 fully saturated rings. The van der Waals surface area contributed by atoms with E-state index >= 15 is 0 Å². The zero-order chi connectivity index (χ0) is 14.8. The van der Waals surface area contributed by atoms with E-state index in [1.165, 1.54) is 0 Å². The van der Waals surface area contributed by atoms with E-state index in [2.05, 4.69) is 27.6 Å². The molecule has 0 unspecified atom stereocenters. The lowest BCUT2D eigenvalue weighted by Gasteiger charge is -2.09. The molecular formula is C15H13N5S. The fourth-order valence-electron chi connectivity index (χ4n) is 1.94. The molecule has 0 saturated heterocycles. The largest absolute Gasteiger partial charge is 0.399 e. The van der Waals surface area contributed by atoms with Gasteiger partial charge in [0.25, 0.3) is 0 Å². The molecule has 0 saturated carbocycles. The number of rotatable bonds is 2. The molecule has 2 heterocycles. The molecule has 5 nitrogen and oxygen atoms in total. The molecule has 0 aliphatic carbocycles. The number of nitrogens with zero attached hydrogens (tertiary/aromatic N) is 3. The predicted molar refractivity (Wildman–Crippen MR) is 86.8 cm³/mol. The van der Waals surface area contributed by atoms with Crippen LogP contribution in [0.3, 0.4) is 0 Å². The third-order valence-corrected chi connectivity index (χ3v) is 3.46. The van der Waals surface area contributed by atoms with Crippen LogP contribution in [-0.2, 0) is 0 Å². The third-order valence-electron chi connectivity index (χ3n) is 3.01. The minimum atomic E-state index is 0.332. The topological polar surface area (TPSA) is 90.7 Å². The molecule has 3 rings (SSSR count). The molecule has 0 bridgehead atoms. The molecule has 0 spiro atoms. The van der Waals surface area contributed by atoms with Crippen molar-refractivity contribution in [2.45, 2.75) is 4.90 Å². The Morgan fingerprint density at radius 1 is 0.905 bits per heavy atom. The van der Waals surface area contributed by atoms with Crippen LogP contribution in [0.5, 0.6) is 0 Å². The molecule has 4 N–H and O–H groups in total. The summed E-state index contributed by atoms with van der Waals surface area (Å²) >= 11 is 4.40. The summed E-state index contributed by atoms with van der Waals surface area (Å²) in [4.78, 5) is 13.5. The van der Waals surface area contributed by atoms with E-state index in [4.69, 9.17) is 11.5 Å². The molecule has 0 aliphatic heterocycles. The Kier molecular flexibility index (Phi) is 3.45. The number of thiol groups is 1. The Morgan fingerprint density at radius 2 is 1.67 bits per heavy atom. The molecular weight excluding hydrogens is 282 g/mol. The van der Waals surface area contributed by atoms with Gasteiger partial charge >= 0.3 is 0 Å². The summed E-state index contributed by atoms with van der Waals surface area (Å²) in [6.45, 7) is 0. The monoisotopic (exact) mass is 295 g/mol. The first-order chi connectivity index (χ1) is 10.1. The molecule has 0 atom stereocenters. The maximum absolute atomic E-state index is 5.95. The highest BCUT2D eigenvalue weighted by Crippen LogP contribution is 2.30. The second kappa shape index (κ2) is 5.41. The summed E-state index contributed by atoms with van der Waals surface area (Å²) in [6, 6.07) is 11.1. The summed E-state index contributed by atoms with van der Waals surface area (Å²) in [5, 5.41) is 0. The van der Waals surface area contributed by atoms with Crippen LogP contribution in [0.1, 0.15) is 0 Å². The van der Waals surface area contributed by atoms with Crippen LogP contribution in [0.15, 0.2) is 53.7 Å². The van der Waals surface area contributed by atoms with E-state index in [-0.39, 0.29) is 0 Å². The molecule has 3 aromatic rings. The smallest absolute Gasteiger partial charge is 0.162 e. The number of benzene rings is 1. The van der Waals surface area contributed by atoms with E-state index in [0.29, 0.717) is 27.9 Å². The van der Waals surface area contributed by atoms with E-state index in [1.54, 1.807) is 24.5 Å². The van der Waals surface area contributed by atoms with Crippen LogP contribution in [0.2, 0.25) is 0 Å². The van der Waals surface area contributed by atoms with Gasteiger partial charge in [-0.2, -0.15) is 0 Å². The van der Waals surface area contributed by atoms with Gasteiger partial charge in [-0.25, -0.2) is 9.97 Å². The summed E-state index contributed by atoms with van der Waals surface area (Å²) in [5.41, 5.74) is 14.7. The van der Waals surface area contributed by atoms with Crippen LogP contribution in [0.4, 0.5) is 11.5 Å². The average molecular weight is 295 g/mol. The van der Waals surface area contributed by atoms with Crippen molar-refractivity contribution in [1.82, 2.24) is 15.0 Å². The van der Waals surface area contributed by atoms with Crippen molar-refractivity contribution in [2.75, 3.05) is 11.5 Å². The average Bonchev–Trinajstić information content (AvgIpc) is 2.51. The highest BCUT2D eigenvalue weighted by Gasteiger charge is 2.12. The van der Waals surface area contributed by atoms with Crippen molar-refractivity contribution >= 4 is 24.1 Å². The minimum Gasteiger partial charge on any atom is -0.399 e. The lowest BCUT2D eigenvalue weighted by Crippen LogP contribution is -2.01. The molecule has 0 aliphatic rings. The Morgan fingerprint density at radius 3 is 2.33 bits per heavy atom. The van der Waals surface area contributed by atoms with Gasteiger partial charge in [0.05, 0.1) is 10.6 Å². The van der Waals surface area contributed by atoms with Gasteiger partial charge in [-0.15, -0.1) is 12.6 Å². The number of nitrogen functional groups attached to an aromatic ring is 2. The maximum atomic E-state index is 5.95. The quantitative estimate of drug-likeness (QED) is 0.499. The van der Waals surface area contributed by atoms with E-state index in [9.17, 15) is 0 Å². The van der Waals surface area contributed by atoms with Gasteiger partial charge < -0.3 is 11.5 Å². The molecule has 0 amide bonds. The van der Waals surface area contributed by atoms with Crippen molar-refractivity contribution in [3.8, 4) is 22.6 Å². The van der Waals surface area contributed by atoms with Gasteiger partial charge in [0.1, 0.15) is 5.82 Å². The van der Waals surface area contributed by atoms with Crippen molar-refractivity contribution in [1.29, 1.82) is 0 Å². The first kappa shape index (κ1) is 13.4. The number of hydrogen-bond donors (Lipinski definition) is 3. The van der Waals surface area contributed by atoms with Gasteiger partial charge in [0, 0.05) is 29.2 Å². The zero-order valence-corrected chi connectivity index (χ0v) is 12.0. The van der Waals surface area contributed by atoms with E-state index in [1.807, 2.05) is 24.3 Å². The number of anilines is 2. The summed E-state index contributed by atoms with van der Waals surface area (Å²) < 4.78 is 0. The summed E-state index contributed by atoms with van der Waals surface area (Å²) in [7, 11) is 0. The number of pyridine rings is 1. The fourth-order valence-corrected chi connectivity index (χ4v) is 2.17. The molecule has 21 heavy (non-hydrogen) atoms. The fraction of sp³-hybridized carbons (Fsp3) is 0. The molecule has 1 aromatic carbocycles. The lowest BCUT2D eigenvalue weighted by atomic mass is 10.1. The second-order valence-corrected chi connectivity index (χ2v) is 4.94. The van der Waals surface area contributed by atoms with E-state index in [0.717, 1.165) is 11.1 Å². The molecule has 0 radical (unpaired) electrons. The van der Waals surface area contributed by atoms with Crippen LogP contribution >= 0.6 is 12.6 Å². The Balaban J connectivity index is 2.16. The van der Waals surface area contributed by atoms with Crippen LogP contribution in [0, 0.1) is 0 Å². The van der Waals surface area contributed by atoms with Gasteiger partial charge in [-0.05, 0) is 36.4 Å². The third kappa shape index (κ3) is 2.66. The number of hydrogen-bond acceptors (Lipinski definition) is 6. The highest BCUT2D eigenvalue weighted by atomic mass is 32.1.